The van der Waals surface area contributed by atoms with Gasteiger partial charge in [0.15, 0.2) is 5.65 Å². The number of hydrogen-bond donors (Lipinski definition) is 3. The number of aromatic hydroxyl groups is 1. The number of fused-ring (bicyclic) bond motifs is 1. The molecule has 1 atom stereocenters. The second kappa shape index (κ2) is 10.7. The summed E-state index contributed by atoms with van der Waals surface area (Å²) in [6.07, 6.45) is 2.01. The molecule has 0 saturated carbocycles. The molecule has 0 radical (unpaired) electrons. The summed E-state index contributed by atoms with van der Waals surface area (Å²) in [4.78, 5) is 29.4. The number of rotatable bonds is 8. The number of imidazole rings is 1. The number of benzene rings is 3. The van der Waals surface area contributed by atoms with Gasteiger partial charge in [-0.1, -0.05) is 60.1 Å². The van der Waals surface area contributed by atoms with Crippen molar-refractivity contribution in [1.82, 2.24) is 19.9 Å². The third-order valence-corrected chi connectivity index (χ3v) is 6.40. The molecule has 0 aliphatic carbocycles. The summed E-state index contributed by atoms with van der Waals surface area (Å²) in [6, 6.07) is 24.0. The first-order valence-corrected chi connectivity index (χ1v) is 12.2. The Kier molecular flexibility index (Phi) is 7.06. The Bertz CT molecular complexity index is 1620. The van der Waals surface area contributed by atoms with Crippen molar-refractivity contribution in [3.8, 4) is 17.0 Å². The number of nitrogens with zero attached hydrogens (tertiary/aromatic N) is 3. The predicted octanol–water partition coefficient (Wildman–Crippen LogP) is 4.77. The van der Waals surface area contributed by atoms with Crippen LogP contribution < -0.4 is 5.32 Å². The maximum Gasteiger partial charge on any atom is 0.326 e. The number of aliphatic carboxylic acids is 1. The zero-order valence-corrected chi connectivity index (χ0v) is 20.8. The van der Waals surface area contributed by atoms with Crippen LogP contribution >= 0.6 is 11.6 Å². The van der Waals surface area contributed by atoms with E-state index < -0.39 is 17.9 Å². The number of hydrogen-bond acceptors (Lipinski definition) is 5. The van der Waals surface area contributed by atoms with Gasteiger partial charge in [0.2, 0.25) is 0 Å². The minimum Gasteiger partial charge on any atom is -0.508 e. The molecular weight excluding hydrogens is 504 g/mol. The average Bonchev–Trinajstić information content (AvgIpc) is 3.34. The zero-order valence-electron chi connectivity index (χ0n) is 20.1. The van der Waals surface area contributed by atoms with Gasteiger partial charge in [-0.15, -0.1) is 0 Å². The molecule has 0 bridgehead atoms. The number of carbonyl (C=O) groups excluding carboxylic acids is 1. The van der Waals surface area contributed by atoms with Gasteiger partial charge in [0.25, 0.3) is 5.91 Å². The molecule has 0 unspecified atom stereocenters. The highest BCUT2D eigenvalue weighted by molar-refractivity contribution is 6.30. The van der Waals surface area contributed by atoms with Crippen LogP contribution in [0.3, 0.4) is 0 Å². The molecule has 3 aromatic carbocycles. The van der Waals surface area contributed by atoms with Crippen LogP contribution in [0.5, 0.6) is 5.75 Å². The van der Waals surface area contributed by atoms with Crippen LogP contribution in [0, 0.1) is 0 Å². The van der Waals surface area contributed by atoms with Crippen molar-refractivity contribution in [2.24, 2.45) is 0 Å². The van der Waals surface area contributed by atoms with Gasteiger partial charge in [0, 0.05) is 17.0 Å². The van der Waals surface area contributed by atoms with Crippen LogP contribution in [0.4, 0.5) is 0 Å². The van der Waals surface area contributed by atoms with Crippen LogP contribution in [0.15, 0.2) is 91.1 Å². The number of phenols is 1. The molecule has 0 saturated heterocycles. The molecule has 0 aliphatic rings. The van der Waals surface area contributed by atoms with Crippen molar-refractivity contribution in [2.45, 2.75) is 18.9 Å². The Morgan fingerprint density at radius 2 is 1.71 bits per heavy atom. The van der Waals surface area contributed by atoms with Gasteiger partial charge in [0.1, 0.15) is 17.5 Å². The van der Waals surface area contributed by atoms with Gasteiger partial charge in [0.05, 0.1) is 11.9 Å². The van der Waals surface area contributed by atoms with E-state index in [0.717, 1.165) is 16.7 Å². The molecular formula is C29H23ClN4O4. The molecule has 190 valence electrons. The zero-order chi connectivity index (χ0) is 26.6. The Hall–Kier alpha value is -4.69. The number of halogens is 1. The summed E-state index contributed by atoms with van der Waals surface area (Å²) in [5, 5.41) is 27.6. The van der Waals surface area contributed by atoms with Gasteiger partial charge in [-0.2, -0.15) is 5.10 Å². The van der Waals surface area contributed by atoms with Crippen molar-refractivity contribution in [2.75, 3.05) is 0 Å². The molecule has 0 aliphatic heterocycles. The van der Waals surface area contributed by atoms with Crippen molar-refractivity contribution >= 4 is 29.1 Å². The predicted molar refractivity (Wildman–Crippen MR) is 143 cm³/mol. The quantitative estimate of drug-likeness (QED) is 0.268. The number of phenolic OH excluding ortho intramolecular Hbond substituents is 1. The van der Waals surface area contributed by atoms with Crippen molar-refractivity contribution in [1.29, 1.82) is 0 Å². The van der Waals surface area contributed by atoms with Gasteiger partial charge >= 0.3 is 5.97 Å². The van der Waals surface area contributed by atoms with Crippen molar-refractivity contribution in [3.63, 3.8) is 0 Å². The standard InChI is InChI=1S/C29H23ClN4O4/c30-22-9-6-19(7-10-22)24-12-13-27-31-26(17-34(27)33-24)28(36)32-25(29(37)38)16-20-8-11-23(35)15-21(20)14-18-4-2-1-3-5-18/h1-13,15,17,25,35H,14,16H2,(H,32,36)(H,37,38)/t25-/m0/s1. The molecule has 5 rings (SSSR count). The summed E-state index contributed by atoms with van der Waals surface area (Å²) >= 11 is 5.97. The van der Waals surface area contributed by atoms with E-state index in [-0.39, 0.29) is 17.9 Å². The number of amides is 1. The highest BCUT2D eigenvalue weighted by atomic mass is 35.5. The van der Waals surface area contributed by atoms with Gasteiger partial charge in [-0.3, -0.25) is 4.79 Å². The first-order chi connectivity index (χ1) is 18.4. The number of carbonyl (C=O) groups is 2. The van der Waals surface area contributed by atoms with E-state index in [1.807, 2.05) is 42.5 Å². The minimum absolute atomic E-state index is 0.0376. The Morgan fingerprint density at radius 1 is 0.947 bits per heavy atom. The summed E-state index contributed by atoms with van der Waals surface area (Å²) in [6.45, 7) is 0. The first kappa shape index (κ1) is 25.0. The minimum atomic E-state index is -1.20. The molecule has 38 heavy (non-hydrogen) atoms. The van der Waals surface area contributed by atoms with Crippen molar-refractivity contribution < 1.29 is 19.8 Å². The molecule has 0 fully saturated rings. The van der Waals surface area contributed by atoms with Gasteiger partial charge < -0.3 is 15.5 Å². The smallest absolute Gasteiger partial charge is 0.326 e. The Morgan fingerprint density at radius 3 is 2.45 bits per heavy atom. The fourth-order valence-electron chi connectivity index (χ4n) is 4.21. The largest absolute Gasteiger partial charge is 0.508 e. The second-order valence-electron chi connectivity index (χ2n) is 8.84. The van der Waals surface area contributed by atoms with Crippen LogP contribution in [0.25, 0.3) is 16.9 Å². The summed E-state index contributed by atoms with van der Waals surface area (Å²) in [7, 11) is 0. The second-order valence-corrected chi connectivity index (χ2v) is 9.27. The third-order valence-electron chi connectivity index (χ3n) is 6.15. The molecule has 1 amide bonds. The molecule has 3 N–H and O–H groups in total. The normalized spacial score (nSPS) is 11.8. The van der Waals surface area contributed by atoms with E-state index >= 15 is 0 Å². The number of aromatic nitrogens is 3. The molecule has 2 heterocycles. The highest BCUT2D eigenvalue weighted by Crippen LogP contribution is 2.22. The van der Waals surface area contributed by atoms with E-state index in [2.05, 4.69) is 15.4 Å². The molecule has 2 aromatic heterocycles. The summed E-state index contributed by atoms with van der Waals surface area (Å²) in [5.74, 6) is -1.71. The molecule has 8 nitrogen and oxygen atoms in total. The van der Waals surface area contributed by atoms with E-state index in [9.17, 15) is 19.8 Å². The maximum absolute atomic E-state index is 13.0. The monoisotopic (exact) mass is 526 g/mol. The van der Waals surface area contributed by atoms with Gasteiger partial charge in [-0.25, -0.2) is 14.3 Å². The highest BCUT2D eigenvalue weighted by Gasteiger charge is 2.24. The fraction of sp³-hybridized carbons (Fsp3) is 0.103. The van der Waals surface area contributed by atoms with Crippen LogP contribution in [0.2, 0.25) is 5.02 Å². The molecule has 5 aromatic rings. The Labute approximate surface area is 223 Å². The SMILES string of the molecule is O=C(N[C@@H](Cc1ccc(O)cc1Cc1ccccc1)C(=O)O)c1cn2nc(-c3ccc(Cl)cc3)ccc2n1. The fourth-order valence-corrected chi connectivity index (χ4v) is 4.34. The number of nitrogens with one attached hydrogen (secondary N) is 1. The Balaban J connectivity index is 1.35. The number of carboxylic acid groups (broad SMARTS) is 1. The lowest BCUT2D eigenvalue weighted by atomic mass is 9.95. The van der Waals surface area contributed by atoms with E-state index in [1.54, 1.807) is 36.4 Å². The lowest BCUT2D eigenvalue weighted by Gasteiger charge is -2.17. The van der Waals surface area contributed by atoms with Gasteiger partial charge in [-0.05, 0) is 59.5 Å². The van der Waals surface area contributed by atoms with Crippen molar-refractivity contribution in [3.05, 3.63) is 119 Å². The number of carboxylic acids is 1. The lowest BCUT2D eigenvalue weighted by molar-refractivity contribution is -0.139. The topological polar surface area (TPSA) is 117 Å². The maximum atomic E-state index is 13.0. The van der Waals surface area contributed by atoms with E-state index in [0.29, 0.717) is 28.3 Å². The van der Waals surface area contributed by atoms with E-state index in [4.69, 9.17) is 11.6 Å². The average molecular weight is 527 g/mol. The van der Waals surface area contributed by atoms with Crippen LogP contribution in [-0.2, 0) is 17.6 Å². The van der Waals surface area contributed by atoms with Crippen LogP contribution in [-0.4, -0.2) is 42.7 Å². The third kappa shape index (κ3) is 5.66. The first-order valence-electron chi connectivity index (χ1n) is 11.9. The molecule has 9 heteroatoms. The lowest BCUT2D eigenvalue weighted by Crippen LogP contribution is -2.42. The summed E-state index contributed by atoms with van der Waals surface area (Å²) < 4.78 is 1.48. The molecule has 0 spiro atoms. The van der Waals surface area contributed by atoms with E-state index in [1.165, 1.54) is 16.8 Å². The van der Waals surface area contributed by atoms with Crippen LogP contribution in [0.1, 0.15) is 27.2 Å². The summed E-state index contributed by atoms with van der Waals surface area (Å²) in [5.41, 5.74) is 4.52.